The van der Waals surface area contributed by atoms with Crippen LogP contribution in [0.5, 0.6) is 23.0 Å². The second-order valence-electron chi connectivity index (χ2n) is 12.6. The fourth-order valence-corrected chi connectivity index (χ4v) is 5.43. The maximum Gasteiger partial charge on any atom is 0.410 e. The third kappa shape index (κ3) is 8.30. The number of benzene rings is 2. The summed E-state index contributed by atoms with van der Waals surface area (Å²) in [6.45, 7) is 8.96. The number of amides is 3. The van der Waals surface area contributed by atoms with Crippen molar-refractivity contribution in [2.45, 2.75) is 64.3 Å². The van der Waals surface area contributed by atoms with Gasteiger partial charge in [0, 0.05) is 52.2 Å². The molecule has 3 amide bonds. The summed E-state index contributed by atoms with van der Waals surface area (Å²) in [7, 11) is 3.49. The molecule has 2 saturated heterocycles. The molecule has 0 radical (unpaired) electrons. The number of nitrogens with zero attached hydrogens (tertiary/aromatic N) is 3. The van der Waals surface area contributed by atoms with Crippen LogP contribution in [0, 0.1) is 0 Å². The normalized spacial score (nSPS) is 18.9. The first-order valence-electron chi connectivity index (χ1n) is 15.6. The monoisotopic (exact) mass is 624 g/mol. The number of hydrogen-bond donors (Lipinski definition) is 1. The van der Waals surface area contributed by atoms with Crippen LogP contribution in [0.15, 0.2) is 36.4 Å². The topological polar surface area (TPSA) is 119 Å². The summed E-state index contributed by atoms with van der Waals surface area (Å²) >= 11 is 0. The number of carbonyl (C=O) groups is 3. The van der Waals surface area contributed by atoms with Crippen LogP contribution in [-0.4, -0.2) is 94.1 Å². The average molecular weight is 625 g/mol. The van der Waals surface area contributed by atoms with E-state index < -0.39 is 5.60 Å². The first-order chi connectivity index (χ1) is 21.5. The van der Waals surface area contributed by atoms with Crippen molar-refractivity contribution in [3.05, 3.63) is 36.4 Å². The standard InChI is InChI=1S/C19H26N2O5.C14H18N2O3/c1-19(2,3)26-18(23)21-9-7-13(8-10-21)25-14-5-6-16-15(11-14)20(4)17(22)12-24-16;1-16-12-8-11(19-10-4-6-15-7-5-10)2-3-13(12)18-9-14(16)17/h5-6,11,13H,7-10,12H2,1-4H3;2-3,8,10,15H,4-7,9H2,1H3. The molecule has 4 aliphatic heterocycles. The number of nitrogens with one attached hydrogen (secondary N) is 1. The molecule has 6 rings (SSSR count). The molecule has 0 aliphatic carbocycles. The van der Waals surface area contributed by atoms with Crippen LogP contribution in [0.1, 0.15) is 46.5 Å². The molecule has 0 aromatic heterocycles. The Balaban J connectivity index is 0.000000186. The van der Waals surface area contributed by atoms with E-state index in [-0.39, 0.29) is 43.3 Å². The molecule has 2 aromatic rings. The highest BCUT2D eigenvalue weighted by atomic mass is 16.6. The van der Waals surface area contributed by atoms with E-state index in [2.05, 4.69) is 5.32 Å². The van der Waals surface area contributed by atoms with Crippen molar-refractivity contribution < 1.29 is 38.1 Å². The largest absolute Gasteiger partial charge is 0.490 e. The van der Waals surface area contributed by atoms with Crippen LogP contribution in [-0.2, 0) is 14.3 Å². The van der Waals surface area contributed by atoms with Gasteiger partial charge in [0.15, 0.2) is 13.2 Å². The number of likely N-dealkylation sites (N-methyl/N-ethyl adjacent to an activating group) is 2. The number of piperidine rings is 2. The Morgan fingerprint density at radius 3 is 1.71 bits per heavy atom. The molecule has 12 heteroatoms. The van der Waals surface area contributed by atoms with Gasteiger partial charge in [-0.05, 0) is 71.0 Å². The van der Waals surface area contributed by atoms with E-state index in [1.807, 2.05) is 57.2 Å². The molecule has 0 atom stereocenters. The van der Waals surface area contributed by atoms with E-state index >= 15 is 0 Å². The van der Waals surface area contributed by atoms with Gasteiger partial charge in [0.1, 0.15) is 40.8 Å². The molecule has 0 unspecified atom stereocenters. The van der Waals surface area contributed by atoms with Crippen molar-refractivity contribution in [1.29, 1.82) is 0 Å². The molecule has 12 nitrogen and oxygen atoms in total. The zero-order valence-electron chi connectivity index (χ0n) is 26.8. The summed E-state index contributed by atoms with van der Waals surface area (Å²) < 4.78 is 28.3. The molecule has 244 valence electrons. The molecule has 0 saturated carbocycles. The number of likely N-dealkylation sites (tertiary alicyclic amines) is 1. The Hall–Kier alpha value is -4.19. The lowest BCUT2D eigenvalue weighted by Crippen LogP contribution is -2.44. The zero-order valence-corrected chi connectivity index (χ0v) is 26.8. The fourth-order valence-electron chi connectivity index (χ4n) is 5.43. The predicted molar refractivity (Wildman–Crippen MR) is 169 cm³/mol. The first-order valence-corrected chi connectivity index (χ1v) is 15.6. The van der Waals surface area contributed by atoms with Gasteiger partial charge in [-0.25, -0.2) is 4.79 Å². The Morgan fingerprint density at radius 2 is 1.24 bits per heavy atom. The third-order valence-corrected chi connectivity index (χ3v) is 8.02. The van der Waals surface area contributed by atoms with Crippen molar-refractivity contribution in [2.75, 3.05) is 63.3 Å². The summed E-state index contributed by atoms with van der Waals surface area (Å²) in [6, 6.07) is 11.2. The predicted octanol–water partition coefficient (Wildman–Crippen LogP) is 3.99. The number of anilines is 2. The number of fused-ring (bicyclic) bond motifs is 2. The maximum absolute atomic E-state index is 12.1. The molecule has 1 N–H and O–H groups in total. The molecule has 0 bridgehead atoms. The van der Waals surface area contributed by atoms with Gasteiger partial charge in [-0.2, -0.15) is 0 Å². The summed E-state index contributed by atoms with van der Waals surface area (Å²) in [6.07, 6.45) is 3.51. The smallest absolute Gasteiger partial charge is 0.410 e. The molecular formula is C33H44N4O8. The van der Waals surface area contributed by atoms with Gasteiger partial charge in [-0.3, -0.25) is 9.59 Å². The van der Waals surface area contributed by atoms with Gasteiger partial charge in [0.25, 0.3) is 11.8 Å². The van der Waals surface area contributed by atoms with Gasteiger partial charge in [-0.15, -0.1) is 0 Å². The lowest BCUT2D eigenvalue weighted by atomic mass is 10.1. The van der Waals surface area contributed by atoms with E-state index in [9.17, 15) is 14.4 Å². The van der Waals surface area contributed by atoms with Crippen molar-refractivity contribution >= 4 is 29.3 Å². The van der Waals surface area contributed by atoms with Crippen LogP contribution in [0.3, 0.4) is 0 Å². The molecule has 4 aliphatic rings. The maximum atomic E-state index is 12.1. The summed E-state index contributed by atoms with van der Waals surface area (Å²) in [5.74, 6) is 2.80. The zero-order chi connectivity index (χ0) is 32.1. The minimum atomic E-state index is -0.487. The van der Waals surface area contributed by atoms with Gasteiger partial charge in [-0.1, -0.05) is 0 Å². The number of ether oxygens (including phenoxy) is 5. The molecule has 4 heterocycles. The highest BCUT2D eigenvalue weighted by molar-refractivity contribution is 5.98. The second-order valence-corrected chi connectivity index (χ2v) is 12.6. The molecule has 2 aromatic carbocycles. The summed E-state index contributed by atoms with van der Waals surface area (Å²) in [5.41, 5.74) is 1.01. The van der Waals surface area contributed by atoms with E-state index in [0.29, 0.717) is 30.3 Å². The molecule has 2 fully saturated rings. The van der Waals surface area contributed by atoms with Gasteiger partial charge in [0.05, 0.1) is 11.4 Å². The van der Waals surface area contributed by atoms with Crippen LogP contribution in [0.25, 0.3) is 0 Å². The molecular weight excluding hydrogens is 580 g/mol. The second kappa shape index (κ2) is 13.8. The Morgan fingerprint density at radius 1 is 0.778 bits per heavy atom. The average Bonchev–Trinajstić information content (AvgIpc) is 3.02. The van der Waals surface area contributed by atoms with Gasteiger partial charge < -0.3 is 43.7 Å². The molecule has 45 heavy (non-hydrogen) atoms. The van der Waals surface area contributed by atoms with Gasteiger partial charge >= 0.3 is 6.09 Å². The lowest BCUT2D eigenvalue weighted by molar-refractivity contribution is -0.121. The fraction of sp³-hybridized carbons (Fsp3) is 0.545. The SMILES string of the molecule is CN1C(=O)COc2ccc(OC3CCN(C(=O)OC(C)(C)C)CC3)cc21.CN1C(=O)COc2ccc(OC3CCNCC3)cc21. The highest BCUT2D eigenvalue weighted by Gasteiger charge is 2.29. The highest BCUT2D eigenvalue weighted by Crippen LogP contribution is 2.36. The van der Waals surface area contributed by atoms with Gasteiger partial charge in [0.2, 0.25) is 0 Å². The van der Waals surface area contributed by atoms with Crippen molar-refractivity contribution in [3.63, 3.8) is 0 Å². The van der Waals surface area contributed by atoms with Crippen LogP contribution < -0.4 is 34.1 Å². The molecule has 0 spiro atoms. The lowest BCUT2D eigenvalue weighted by Gasteiger charge is -2.33. The third-order valence-electron chi connectivity index (χ3n) is 8.02. The number of hydrogen-bond acceptors (Lipinski definition) is 9. The Bertz CT molecular complexity index is 1380. The van der Waals surface area contributed by atoms with E-state index in [1.165, 1.54) is 0 Å². The van der Waals surface area contributed by atoms with E-state index in [4.69, 9.17) is 23.7 Å². The Kier molecular flexibility index (Phi) is 9.91. The van der Waals surface area contributed by atoms with E-state index in [0.717, 1.165) is 56.0 Å². The summed E-state index contributed by atoms with van der Waals surface area (Å²) in [5, 5.41) is 3.31. The van der Waals surface area contributed by atoms with Crippen LogP contribution in [0.4, 0.5) is 16.2 Å². The van der Waals surface area contributed by atoms with Crippen molar-refractivity contribution in [3.8, 4) is 23.0 Å². The van der Waals surface area contributed by atoms with E-state index in [1.54, 1.807) is 28.8 Å². The quantitative estimate of drug-likeness (QED) is 0.539. The Labute approximate surface area is 264 Å². The number of rotatable bonds is 4. The van der Waals surface area contributed by atoms with Crippen LogP contribution in [0.2, 0.25) is 0 Å². The minimum Gasteiger partial charge on any atom is -0.490 e. The first kappa shape index (κ1) is 32.2. The minimum absolute atomic E-state index is 0.0252. The van der Waals surface area contributed by atoms with Crippen molar-refractivity contribution in [2.24, 2.45) is 0 Å². The summed E-state index contributed by atoms with van der Waals surface area (Å²) in [4.78, 5) is 40.4. The van der Waals surface area contributed by atoms with Crippen LogP contribution >= 0.6 is 0 Å². The van der Waals surface area contributed by atoms with Crippen molar-refractivity contribution in [1.82, 2.24) is 10.2 Å². The number of carbonyl (C=O) groups excluding carboxylic acids is 3.